The minimum atomic E-state index is 0.563. The molecule has 1 heterocycles. The lowest BCUT2D eigenvalue weighted by molar-refractivity contribution is 0.396. The molecule has 4 nitrogen and oxygen atoms in total. The molecule has 0 fully saturated rings. The number of pyridine rings is 1. The van der Waals surface area contributed by atoms with Crippen LogP contribution in [0.1, 0.15) is 5.56 Å². The van der Waals surface area contributed by atoms with Crippen LogP contribution in [0.4, 0.5) is 0 Å². The van der Waals surface area contributed by atoms with E-state index in [4.69, 9.17) is 10.5 Å². The summed E-state index contributed by atoms with van der Waals surface area (Å²) in [6.07, 6.45) is 3.16. The molecule has 70 valence electrons. The summed E-state index contributed by atoms with van der Waals surface area (Å²) in [7, 11) is 3.38. The molecule has 0 radical (unpaired) electrons. The van der Waals surface area contributed by atoms with Crippen LogP contribution < -0.4 is 15.8 Å². The molecule has 1 aromatic rings. The molecular weight excluding hydrogens is 166 g/mol. The Morgan fingerprint density at radius 2 is 2.46 bits per heavy atom. The SMILES string of the molecule is CN/C(=C\N)c1cccnc1OC. The first-order valence-electron chi connectivity index (χ1n) is 3.92. The van der Waals surface area contributed by atoms with Crippen molar-refractivity contribution in [2.24, 2.45) is 5.73 Å². The maximum atomic E-state index is 5.43. The summed E-state index contributed by atoms with van der Waals surface area (Å²) in [6.45, 7) is 0. The predicted octanol–water partition coefficient (Wildman–Crippen LogP) is 0.567. The summed E-state index contributed by atoms with van der Waals surface area (Å²) in [6, 6.07) is 3.72. The smallest absolute Gasteiger partial charge is 0.222 e. The fourth-order valence-electron chi connectivity index (χ4n) is 1.07. The van der Waals surface area contributed by atoms with Gasteiger partial charge in [0.1, 0.15) is 0 Å². The van der Waals surface area contributed by atoms with Gasteiger partial charge in [-0.1, -0.05) is 0 Å². The highest BCUT2D eigenvalue weighted by Crippen LogP contribution is 2.19. The van der Waals surface area contributed by atoms with E-state index in [9.17, 15) is 0 Å². The van der Waals surface area contributed by atoms with Crippen molar-refractivity contribution in [3.63, 3.8) is 0 Å². The van der Waals surface area contributed by atoms with E-state index in [0.717, 1.165) is 11.3 Å². The second-order valence-electron chi connectivity index (χ2n) is 2.39. The van der Waals surface area contributed by atoms with Crippen LogP contribution >= 0.6 is 0 Å². The van der Waals surface area contributed by atoms with Crippen molar-refractivity contribution < 1.29 is 4.74 Å². The molecule has 0 unspecified atom stereocenters. The third-order valence-corrected chi connectivity index (χ3v) is 1.69. The molecule has 0 saturated carbocycles. The molecule has 0 atom stereocenters. The Morgan fingerprint density at radius 1 is 1.69 bits per heavy atom. The quantitative estimate of drug-likeness (QED) is 0.712. The van der Waals surface area contributed by atoms with E-state index >= 15 is 0 Å². The van der Waals surface area contributed by atoms with Gasteiger partial charge in [0, 0.05) is 19.4 Å². The Kier molecular flexibility index (Phi) is 3.14. The van der Waals surface area contributed by atoms with Crippen LogP contribution in [0.25, 0.3) is 5.70 Å². The van der Waals surface area contributed by atoms with Gasteiger partial charge >= 0.3 is 0 Å². The molecule has 0 spiro atoms. The van der Waals surface area contributed by atoms with Crippen LogP contribution in [0.3, 0.4) is 0 Å². The zero-order valence-electron chi connectivity index (χ0n) is 7.74. The number of aromatic nitrogens is 1. The van der Waals surface area contributed by atoms with Crippen molar-refractivity contribution in [3.8, 4) is 5.88 Å². The van der Waals surface area contributed by atoms with Crippen LogP contribution in [0, 0.1) is 0 Å². The predicted molar refractivity (Wildman–Crippen MR) is 52.0 cm³/mol. The molecule has 0 aliphatic heterocycles. The zero-order valence-corrected chi connectivity index (χ0v) is 7.74. The minimum absolute atomic E-state index is 0.563. The average Bonchev–Trinajstić information content (AvgIpc) is 2.20. The first-order valence-corrected chi connectivity index (χ1v) is 3.92. The summed E-state index contributed by atoms with van der Waals surface area (Å²) >= 11 is 0. The maximum Gasteiger partial charge on any atom is 0.222 e. The number of nitrogens with two attached hydrogens (primary N) is 1. The lowest BCUT2D eigenvalue weighted by atomic mass is 10.2. The van der Waals surface area contributed by atoms with Gasteiger partial charge in [0.2, 0.25) is 5.88 Å². The Morgan fingerprint density at radius 3 is 3.00 bits per heavy atom. The molecule has 0 aliphatic carbocycles. The van der Waals surface area contributed by atoms with Gasteiger partial charge in [-0.3, -0.25) is 0 Å². The number of hydrogen-bond donors (Lipinski definition) is 2. The van der Waals surface area contributed by atoms with E-state index in [-0.39, 0.29) is 0 Å². The molecule has 3 N–H and O–H groups in total. The summed E-state index contributed by atoms with van der Waals surface area (Å²) in [5.74, 6) is 0.563. The van der Waals surface area contributed by atoms with Crippen LogP contribution in [-0.4, -0.2) is 19.1 Å². The highest BCUT2D eigenvalue weighted by molar-refractivity contribution is 5.66. The Balaban J connectivity index is 3.12. The number of ether oxygens (including phenoxy) is 1. The van der Waals surface area contributed by atoms with Crippen molar-refractivity contribution in [2.75, 3.05) is 14.2 Å². The van der Waals surface area contributed by atoms with E-state index in [1.165, 1.54) is 6.20 Å². The molecular formula is C9H13N3O. The van der Waals surface area contributed by atoms with Gasteiger partial charge in [0.15, 0.2) is 0 Å². The molecule has 0 aliphatic rings. The Bertz CT molecular complexity index is 309. The minimum Gasteiger partial charge on any atom is -0.481 e. The number of nitrogens with one attached hydrogen (secondary N) is 1. The van der Waals surface area contributed by atoms with E-state index in [2.05, 4.69) is 10.3 Å². The molecule has 0 aromatic carbocycles. The largest absolute Gasteiger partial charge is 0.481 e. The highest BCUT2D eigenvalue weighted by atomic mass is 16.5. The molecule has 0 bridgehead atoms. The van der Waals surface area contributed by atoms with E-state index < -0.39 is 0 Å². The first kappa shape index (κ1) is 9.38. The lowest BCUT2D eigenvalue weighted by Gasteiger charge is -2.09. The van der Waals surface area contributed by atoms with Crippen molar-refractivity contribution in [1.29, 1.82) is 0 Å². The summed E-state index contributed by atoms with van der Waals surface area (Å²) in [5, 5.41) is 2.96. The third kappa shape index (κ3) is 1.90. The first-order chi connectivity index (χ1) is 6.33. The maximum absolute atomic E-state index is 5.43. The van der Waals surface area contributed by atoms with Crippen LogP contribution in [0.15, 0.2) is 24.5 Å². The van der Waals surface area contributed by atoms with Gasteiger partial charge in [-0.15, -0.1) is 0 Å². The van der Waals surface area contributed by atoms with E-state index in [0.29, 0.717) is 5.88 Å². The monoisotopic (exact) mass is 179 g/mol. The van der Waals surface area contributed by atoms with Crippen LogP contribution in [0.2, 0.25) is 0 Å². The highest BCUT2D eigenvalue weighted by Gasteiger charge is 2.06. The van der Waals surface area contributed by atoms with Gasteiger partial charge in [0.05, 0.1) is 18.4 Å². The normalized spacial score (nSPS) is 11.1. The van der Waals surface area contributed by atoms with Crippen molar-refractivity contribution in [2.45, 2.75) is 0 Å². The molecule has 1 aromatic heterocycles. The summed E-state index contributed by atoms with van der Waals surface area (Å²) in [5.41, 5.74) is 7.08. The number of nitrogens with zero attached hydrogens (tertiary/aromatic N) is 1. The van der Waals surface area contributed by atoms with Crippen LogP contribution in [-0.2, 0) is 0 Å². The van der Waals surface area contributed by atoms with Gasteiger partial charge in [0.25, 0.3) is 0 Å². The number of hydrogen-bond acceptors (Lipinski definition) is 4. The fraction of sp³-hybridized carbons (Fsp3) is 0.222. The molecule has 0 saturated heterocycles. The third-order valence-electron chi connectivity index (χ3n) is 1.69. The zero-order chi connectivity index (χ0) is 9.68. The van der Waals surface area contributed by atoms with Crippen molar-refractivity contribution >= 4 is 5.70 Å². The van der Waals surface area contributed by atoms with Crippen LogP contribution in [0.5, 0.6) is 5.88 Å². The summed E-state index contributed by atoms with van der Waals surface area (Å²) in [4.78, 5) is 4.06. The van der Waals surface area contributed by atoms with Crippen molar-refractivity contribution in [1.82, 2.24) is 10.3 Å². The average molecular weight is 179 g/mol. The Labute approximate surface area is 77.4 Å². The topological polar surface area (TPSA) is 60.2 Å². The standard InChI is InChI=1S/C9H13N3O/c1-11-8(6-10)7-4-3-5-12-9(7)13-2/h3-6,11H,10H2,1-2H3/b8-6-. The molecule has 0 amide bonds. The van der Waals surface area contributed by atoms with Gasteiger partial charge in [-0.2, -0.15) is 0 Å². The molecule has 1 rings (SSSR count). The lowest BCUT2D eigenvalue weighted by Crippen LogP contribution is -2.08. The molecule has 4 heteroatoms. The van der Waals surface area contributed by atoms with E-state index in [1.807, 2.05) is 12.1 Å². The van der Waals surface area contributed by atoms with Gasteiger partial charge < -0.3 is 15.8 Å². The fourth-order valence-corrected chi connectivity index (χ4v) is 1.07. The molecule has 13 heavy (non-hydrogen) atoms. The number of methoxy groups -OCH3 is 1. The van der Waals surface area contributed by atoms with E-state index in [1.54, 1.807) is 20.4 Å². The van der Waals surface area contributed by atoms with Crippen molar-refractivity contribution in [3.05, 3.63) is 30.1 Å². The van der Waals surface area contributed by atoms with Gasteiger partial charge in [-0.05, 0) is 12.1 Å². The van der Waals surface area contributed by atoms with Gasteiger partial charge in [-0.25, -0.2) is 4.98 Å². The second-order valence-corrected chi connectivity index (χ2v) is 2.39. The second kappa shape index (κ2) is 4.35. The number of rotatable bonds is 3. The summed E-state index contributed by atoms with van der Waals surface area (Å²) < 4.78 is 5.08. The Hall–Kier alpha value is -1.71.